The van der Waals surface area contributed by atoms with Crippen LogP contribution in [0, 0.1) is 10.1 Å². The van der Waals surface area contributed by atoms with Gasteiger partial charge in [-0.2, -0.15) is 0 Å². The summed E-state index contributed by atoms with van der Waals surface area (Å²) in [5.41, 5.74) is 0. The van der Waals surface area contributed by atoms with E-state index in [1.54, 1.807) is 17.0 Å². The van der Waals surface area contributed by atoms with Gasteiger partial charge in [0.1, 0.15) is 16.8 Å². The molecule has 2 aromatic heterocycles. The summed E-state index contributed by atoms with van der Waals surface area (Å²) in [4.78, 5) is 24.5. The summed E-state index contributed by atoms with van der Waals surface area (Å²) in [6, 6.07) is 5.72. The summed E-state index contributed by atoms with van der Waals surface area (Å²) in [5.74, 6) is -0.423. The smallest absolute Gasteiger partial charge is 0.433 e. The number of aliphatic hydroxyl groups excluding tert-OH is 1. The fourth-order valence-electron chi connectivity index (χ4n) is 3.23. The Morgan fingerprint density at radius 1 is 1.36 bits per heavy atom. The highest BCUT2D eigenvalue weighted by Crippen LogP contribution is 2.28. The minimum atomic E-state index is -0.806. The minimum absolute atomic E-state index is 0.0499. The standard InChI is InChI=1S/C17H20N2O6/c20-13(14-6-4-10-24-14)11-12-5-2-1-3-9-18(12)17(21)15-7-8-16(25-15)19(22)23/h4,6-8,10,12-13,20H,1-3,5,9,11H2/t12-,13+/m1/s1. The Morgan fingerprint density at radius 3 is 2.88 bits per heavy atom. The quantitative estimate of drug-likeness (QED) is 0.656. The Kier molecular flexibility index (Phi) is 5.18. The molecule has 0 bridgehead atoms. The Bertz CT molecular complexity index is 723. The zero-order valence-electron chi connectivity index (χ0n) is 13.7. The number of aliphatic hydroxyl groups is 1. The molecular weight excluding hydrogens is 328 g/mol. The highest BCUT2D eigenvalue weighted by atomic mass is 16.6. The SMILES string of the molecule is O=C(c1ccc([N+](=O)[O-])o1)N1CCCCC[C@@H]1C[C@H](O)c1ccco1. The van der Waals surface area contributed by atoms with Gasteiger partial charge in [-0.3, -0.25) is 14.9 Å². The highest BCUT2D eigenvalue weighted by molar-refractivity contribution is 5.92. The molecule has 0 radical (unpaired) electrons. The second-order valence-electron chi connectivity index (χ2n) is 6.16. The molecule has 1 aliphatic heterocycles. The summed E-state index contributed by atoms with van der Waals surface area (Å²) < 4.78 is 10.3. The van der Waals surface area contributed by atoms with Crippen molar-refractivity contribution in [3.63, 3.8) is 0 Å². The van der Waals surface area contributed by atoms with Gasteiger partial charge in [-0.05, 0) is 31.0 Å². The van der Waals surface area contributed by atoms with Crippen molar-refractivity contribution < 1.29 is 23.7 Å². The number of hydrogen-bond donors (Lipinski definition) is 1. The average molecular weight is 348 g/mol. The van der Waals surface area contributed by atoms with Crippen LogP contribution in [0.15, 0.2) is 39.4 Å². The Morgan fingerprint density at radius 2 is 2.20 bits per heavy atom. The topological polar surface area (TPSA) is 110 Å². The molecule has 2 aromatic rings. The van der Waals surface area contributed by atoms with Gasteiger partial charge in [-0.25, -0.2) is 0 Å². The number of amides is 1. The number of rotatable bonds is 5. The monoisotopic (exact) mass is 348 g/mol. The van der Waals surface area contributed by atoms with Crippen LogP contribution < -0.4 is 0 Å². The number of carbonyl (C=O) groups is 1. The van der Waals surface area contributed by atoms with Crippen LogP contribution in [0.3, 0.4) is 0 Å². The van der Waals surface area contributed by atoms with Gasteiger partial charge in [0.2, 0.25) is 0 Å². The molecule has 0 saturated carbocycles. The van der Waals surface area contributed by atoms with Crippen molar-refractivity contribution in [2.45, 2.75) is 44.2 Å². The number of likely N-dealkylation sites (tertiary alicyclic amines) is 1. The zero-order chi connectivity index (χ0) is 17.8. The molecule has 1 amide bonds. The van der Waals surface area contributed by atoms with Crippen molar-refractivity contribution in [2.75, 3.05) is 6.54 Å². The Labute approximate surface area is 144 Å². The van der Waals surface area contributed by atoms with E-state index < -0.39 is 16.9 Å². The van der Waals surface area contributed by atoms with Gasteiger partial charge in [0.25, 0.3) is 5.91 Å². The van der Waals surface area contributed by atoms with Crippen molar-refractivity contribution in [3.05, 3.63) is 52.2 Å². The molecule has 0 spiro atoms. The van der Waals surface area contributed by atoms with E-state index in [-0.39, 0.29) is 17.7 Å². The lowest BCUT2D eigenvalue weighted by Crippen LogP contribution is -2.40. The molecule has 0 aromatic carbocycles. The summed E-state index contributed by atoms with van der Waals surface area (Å²) in [6.07, 6.45) is 4.60. The van der Waals surface area contributed by atoms with E-state index in [1.165, 1.54) is 18.4 Å². The number of nitrogens with zero attached hydrogens (tertiary/aromatic N) is 2. The summed E-state index contributed by atoms with van der Waals surface area (Å²) in [5, 5.41) is 21.1. The Balaban J connectivity index is 1.77. The molecule has 134 valence electrons. The molecular formula is C17H20N2O6. The van der Waals surface area contributed by atoms with Crippen LogP contribution in [-0.2, 0) is 0 Å². The third-order valence-corrected chi connectivity index (χ3v) is 4.49. The van der Waals surface area contributed by atoms with E-state index in [4.69, 9.17) is 8.83 Å². The van der Waals surface area contributed by atoms with Crippen molar-refractivity contribution in [1.82, 2.24) is 4.90 Å². The largest absolute Gasteiger partial charge is 0.467 e. The molecule has 3 heterocycles. The first kappa shape index (κ1) is 17.2. The third kappa shape index (κ3) is 3.90. The second kappa shape index (κ2) is 7.52. The van der Waals surface area contributed by atoms with Crippen LogP contribution in [0.4, 0.5) is 5.88 Å². The van der Waals surface area contributed by atoms with Crippen molar-refractivity contribution in [1.29, 1.82) is 0 Å². The number of nitro groups is 1. The van der Waals surface area contributed by atoms with E-state index >= 15 is 0 Å². The maximum absolute atomic E-state index is 12.8. The van der Waals surface area contributed by atoms with Crippen LogP contribution in [0.5, 0.6) is 0 Å². The first-order chi connectivity index (χ1) is 12.1. The minimum Gasteiger partial charge on any atom is -0.467 e. The first-order valence-electron chi connectivity index (χ1n) is 8.33. The molecule has 25 heavy (non-hydrogen) atoms. The maximum atomic E-state index is 12.8. The molecule has 1 fully saturated rings. The Hall–Kier alpha value is -2.61. The lowest BCUT2D eigenvalue weighted by Gasteiger charge is -2.30. The van der Waals surface area contributed by atoms with E-state index in [2.05, 4.69) is 0 Å². The maximum Gasteiger partial charge on any atom is 0.433 e. The van der Waals surface area contributed by atoms with E-state index in [0.29, 0.717) is 18.7 Å². The van der Waals surface area contributed by atoms with Crippen molar-refractivity contribution >= 4 is 11.8 Å². The predicted octanol–water partition coefficient (Wildman–Crippen LogP) is 3.29. The predicted molar refractivity (Wildman–Crippen MR) is 86.9 cm³/mol. The normalized spacial score (nSPS) is 19.4. The fourth-order valence-corrected chi connectivity index (χ4v) is 3.23. The third-order valence-electron chi connectivity index (χ3n) is 4.49. The summed E-state index contributed by atoms with van der Waals surface area (Å²) >= 11 is 0. The number of furan rings is 2. The zero-order valence-corrected chi connectivity index (χ0v) is 13.7. The first-order valence-corrected chi connectivity index (χ1v) is 8.33. The van der Waals surface area contributed by atoms with Gasteiger partial charge in [0.15, 0.2) is 5.76 Å². The molecule has 8 nitrogen and oxygen atoms in total. The van der Waals surface area contributed by atoms with Crippen LogP contribution in [0.1, 0.15) is 54.5 Å². The average Bonchev–Trinajstić information content (AvgIpc) is 3.24. The number of hydrogen-bond acceptors (Lipinski definition) is 6. The van der Waals surface area contributed by atoms with Crippen molar-refractivity contribution in [2.24, 2.45) is 0 Å². The lowest BCUT2D eigenvalue weighted by molar-refractivity contribution is -0.402. The van der Waals surface area contributed by atoms with Gasteiger partial charge < -0.3 is 18.8 Å². The van der Waals surface area contributed by atoms with Crippen molar-refractivity contribution in [3.8, 4) is 0 Å². The molecule has 1 saturated heterocycles. The lowest BCUT2D eigenvalue weighted by atomic mass is 10.0. The molecule has 2 atom stereocenters. The molecule has 1 N–H and O–H groups in total. The second-order valence-corrected chi connectivity index (χ2v) is 6.16. The summed E-state index contributed by atoms with van der Waals surface area (Å²) in [7, 11) is 0. The molecule has 0 unspecified atom stereocenters. The fraction of sp³-hybridized carbons (Fsp3) is 0.471. The van der Waals surface area contributed by atoms with Crippen LogP contribution >= 0.6 is 0 Å². The summed E-state index contributed by atoms with van der Waals surface area (Å²) in [6.45, 7) is 0.531. The van der Waals surface area contributed by atoms with Crippen LogP contribution in [-0.4, -0.2) is 33.4 Å². The highest BCUT2D eigenvalue weighted by Gasteiger charge is 2.31. The molecule has 8 heteroatoms. The molecule has 0 aliphatic carbocycles. The van der Waals surface area contributed by atoms with E-state index in [0.717, 1.165) is 25.7 Å². The van der Waals surface area contributed by atoms with Gasteiger partial charge in [-0.15, -0.1) is 0 Å². The van der Waals surface area contributed by atoms with Gasteiger partial charge in [-0.1, -0.05) is 12.8 Å². The number of carbonyl (C=O) groups excluding carboxylic acids is 1. The van der Waals surface area contributed by atoms with Gasteiger partial charge >= 0.3 is 5.88 Å². The molecule has 1 aliphatic rings. The van der Waals surface area contributed by atoms with Crippen LogP contribution in [0.25, 0.3) is 0 Å². The van der Waals surface area contributed by atoms with E-state index in [1.807, 2.05) is 0 Å². The van der Waals surface area contributed by atoms with E-state index in [9.17, 15) is 20.0 Å². The van der Waals surface area contributed by atoms with Crippen LogP contribution in [0.2, 0.25) is 0 Å². The van der Waals surface area contributed by atoms with Gasteiger partial charge in [0, 0.05) is 19.0 Å². The molecule has 3 rings (SSSR count). The van der Waals surface area contributed by atoms with Gasteiger partial charge in [0.05, 0.1) is 12.3 Å².